The summed E-state index contributed by atoms with van der Waals surface area (Å²) in [7, 11) is 0. The lowest BCUT2D eigenvalue weighted by molar-refractivity contribution is -0.139. The Kier molecular flexibility index (Phi) is 9.93. The predicted molar refractivity (Wildman–Crippen MR) is 184 cm³/mol. The second-order valence-corrected chi connectivity index (χ2v) is 13.7. The third kappa shape index (κ3) is 6.78. The van der Waals surface area contributed by atoms with Crippen molar-refractivity contribution in [2.45, 2.75) is 57.3 Å². The Morgan fingerprint density at radius 2 is 1.89 bits per heavy atom. The van der Waals surface area contributed by atoms with E-state index >= 15 is 0 Å². The van der Waals surface area contributed by atoms with Crippen molar-refractivity contribution in [1.82, 2.24) is 10.2 Å². The van der Waals surface area contributed by atoms with Crippen molar-refractivity contribution in [3.8, 4) is 0 Å². The molecule has 0 aromatic heterocycles. The first-order chi connectivity index (χ1) is 22.7. The minimum absolute atomic E-state index is 0.00227. The zero-order chi connectivity index (χ0) is 33.1. The molecule has 0 saturated carbocycles. The van der Waals surface area contributed by atoms with E-state index in [2.05, 4.69) is 26.6 Å². The van der Waals surface area contributed by atoms with Gasteiger partial charge >= 0.3 is 0 Å². The molecule has 4 N–H and O–H groups in total. The number of rotatable bonds is 9. The molecule has 3 aromatic carbocycles. The second-order valence-electron chi connectivity index (χ2n) is 12.8. The molecule has 1 unspecified atom stereocenters. The van der Waals surface area contributed by atoms with Crippen molar-refractivity contribution in [2.75, 3.05) is 29.9 Å². The van der Waals surface area contributed by atoms with Gasteiger partial charge in [-0.1, -0.05) is 71.4 Å². The van der Waals surface area contributed by atoms with E-state index in [0.717, 1.165) is 40.5 Å². The molecule has 0 radical (unpaired) electrons. The number of carbonyl (C=O) groups excluding carboxylic acids is 3. The summed E-state index contributed by atoms with van der Waals surface area (Å²) < 4.78 is 0.740. The summed E-state index contributed by atoms with van der Waals surface area (Å²) in [5.74, 6) is -1.24. The average Bonchev–Trinajstić information content (AvgIpc) is 3.30. The topological polar surface area (TPSA) is 122 Å². The number of halogens is 1. The summed E-state index contributed by atoms with van der Waals surface area (Å²) in [6.07, 6.45) is 5.98. The van der Waals surface area contributed by atoms with Gasteiger partial charge < -0.3 is 30.6 Å². The maximum absolute atomic E-state index is 14.0. The molecular formula is C37H41BrN4O5. The number of nitrogens with zero attached hydrogens (tertiary/aromatic N) is 2. The fraction of sp³-hybridized carbons (Fsp3) is 0.378. The molecule has 3 aliphatic heterocycles. The Balaban J connectivity index is 1.14. The monoisotopic (exact) mass is 700 g/mol. The van der Waals surface area contributed by atoms with Crippen LogP contribution >= 0.6 is 15.9 Å². The lowest BCUT2D eigenvalue weighted by Crippen LogP contribution is -2.46. The Morgan fingerprint density at radius 3 is 2.62 bits per heavy atom. The molecule has 0 aliphatic carbocycles. The van der Waals surface area contributed by atoms with Crippen LogP contribution in [0.1, 0.15) is 48.4 Å². The van der Waals surface area contributed by atoms with E-state index in [0.29, 0.717) is 36.4 Å². The number of amides is 3. The summed E-state index contributed by atoms with van der Waals surface area (Å²) in [4.78, 5) is 43.3. The molecule has 246 valence electrons. The minimum atomic E-state index is -1.84. The van der Waals surface area contributed by atoms with Gasteiger partial charge in [0.05, 0.1) is 30.8 Å². The number of carbonyl (C=O) groups is 3. The number of piperidine rings is 1. The van der Waals surface area contributed by atoms with Crippen LogP contribution in [0.15, 0.2) is 83.4 Å². The van der Waals surface area contributed by atoms with Crippen molar-refractivity contribution in [3.63, 3.8) is 0 Å². The fourth-order valence-electron chi connectivity index (χ4n) is 6.94. The number of nitrogens with one attached hydrogen (secondary N) is 2. The van der Waals surface area contributed by atoms with Crippen LogP contribution in [-0.2, 0) is 39.5 Å². The van der Waals surface area contributed by atoms with Gasteiger partial charge in [0, 0.05) is 41.2 Å². The van der Waals surface area contributed by atoms with E-state index in [4.69, 9.17) is 0 Å². The lowest BCUT2D eigenvalue weighted by atomic mass is 9.83. The predicted octanol–water partition coefficient (Wildman–Crippen LogP) is 4.65. The van der Waals surface area contributed by atoms with E-state index < -0.39 is 17.4 Å². The second kappa shape index (κ2) is 14.1. The highest BCUT2D eigenvalue weighted by molar-refractivity contribution is 9.10. The van der Waals surface area contributed by atoms with Crippen LogP contribution in [0.3, 0.4) is 0 Å². The van der Waals surface area contributed by atoms with Gasteiger partial charge in [-0.25, -0.2) is 0 Å². The van der Waals surface area contributed by atoms with Crippen molar-refractivity contribution < 1.29 is 24.6 Å². The molecule has 1 saturated heterocycles. The fourth-order valence-corrected chi connectivity index (χ4v) is 7.31. The summed E-state index contributed by atoms with van der Waals surface area (Å²) in [5, 5.41) is 28.3. The van der Waals surface area contributed by atoms with Crippen molar-refractivity contribution >= 4 is 45.0 Å². The highest BCUT2D eigenvalue weighted by Crippen LogP contribution is 2.46. The average molecular weight is 702 g/mol. The van der Waals surface area contributed by atoms with E-state index in [-0.39, 0.29) is 43.3 Å². The standard InChI is InChI=1S/C37H41BrN4O5/c1-24(6-4-10-34(44)41-22-28-8-3-2-7-26(28)18-31(41)23-43)37(47)32-19-29(38)13-16-33(32)42(36(37)46)21-25-11-14-30(15-12-25)40-35(45)27-9-5-17-39-20-27/h2-4,6-8,11-16,19,24,27,31,39,43,47H,5,9-10,17-18,20-23H2,1H3,(H,40,45)/b6-4+/t24-,27?,31+,37+/m1/s1. The van der Waals surface area contributed by atoms with Gasteiger partial charge in [-0.15, -0.1) is 0 Å². The molecule has 1 fully saturated rings. The maximum atomic E-state index is 14.0. The molecule has 3 heterocycles. The number of aliphatic hydroxyl groups is 2. The van der Waals surface area contributed by atoms with Crippen molar-refractivity contribution in [1.29, 1.82) is 0 Å². The van der Waals surface area contributed by atoms with Gasteiger partial charge in [0.15, 0.2) is 5.60 Å². The van der Waals surface area contributed by atoms with Gasteiger partial charge in [-0.05, 0) is 72.8 Å². The third-order valence-electron chi connectivity index (χ3n) is 9.72. The van der Waals surface area contributed by atoms with Gasteiger partial charge in [-0.3, -0.25) is 14.4 Å². The molecule has 10 heteroatoms. The zero-order valence-corrected chi connectivity index (χ0v) is 28.1. The summed E-state index contributed by atoms with van der Waals surface area (Å²) in [6, 6.07) is 20.5. The molecule has 3 aromatic rings. The van der Waals surface area contributed by atoms with Crippen molar-refractivity contribution in [2.24, 2.45) is 11.8 Å². The van der Waals surface area contributed by atoms with Crippen LogP contribution in [0.25, 0.3) is 0 Å². The molecule has 0 bridgehead atoms. The number of fused-ring (bicyclic) bond motifs is 2. The molecule has 9 nitrogen and oxygen atoms in total. The Bertz CT molecular complexity index is 1670. The van der Waals surface area contributed by atoms with E-state index in [1.54, 1.807) is 34.9 Å². The zero-order valence-electron chi connectivity index (χ0n) is 26.5. The minimum Gasteiger partial charge on any atom is -0.394 e. The van der Waals surface area contributed by atoms with Gasteiger partial charge in [0.25, 0.3) is 5.91 Å². The molecule has 6 rings (SSSR count). The molecule has 4 atom stereocenters. The van der Waals surface area contributed by atoms with Crippen LogP contribution in [0.4, 0.5) is 11.4 Å². The molecule has 47 heavy (non-hydrogen) atoms. The van der Waals surface area contributed by atoms with Crippen molar-refractivity contribution in [3.05, 3.63) is 106 Å². The van der Waals surface area contributed by atoms with Gasteiger partial charge in [0.2, 0.25) is 11.8 Å². The highest BCUT2D eigenvalue weighted by Gasteiger charge is 2.52. The first-order valence-corrected chi connectivity index (χ1v) is 17.1. The number of anilines is 2. The number of benzene rings is 3. The molecule has 3 amide bonds. The van der Waals surface area contributed by atoms with Gasteiger partial charge in [0.1, 0.15) is 0 Å². The largest absolute Gasteiger partial charge is 0.394 e. The highest BCUT2D eigenvalue weighted by atomic mass is 79.9. The van der Waals surface area contributed by atoms with Crippen LogP contribution in [0.5, 0.6) is 0 Å². The SMILES string of the molecule is C[C@H](/C=C/CC(=O)N1Cc2ccccc2C[C@H]1CO)[C@@]1(O)C(=O)N(Cc2ccc(NC(=O)C3CCCNC3)cc2)c2ccc(Br)cc21. The lowest BCUT2D eigenvalue weighted by Gasteiger charge is -2.36. The Hall–Kier alpha value is -3.83. The smallest absolute Gasteiger partial charge is 0.264 e. The maximum Gasteiger partial charge on any atom is 0.264 e. The Labute approximate surface area is 283 Å². The van der Waals surface area contributed by atoms with Crippen LogP contribution in [0.2, 0.25) is 0 Å². The molecular weight excluding hydrogens is 660 g/mol. The van der Waals surface area contributed by atoms with Crippen LogP contribution in [-0.4, -0.2) is 58.6 Å². The molecule has 3 aliphatic rings. The van der Waals surface area contributed by atoms with Crippen LogP contribution < -0.4 is 15.5 Å². The normalized spacial score (nSPS) is 23.0. The van der Waals surface area contributed by atoms with E-state index in [1.165, 1.54) is 0 Å². The van der Waals surface area contributed by atoms with Gasteiger partial charge in [-0.2, -0.15) is 0 Å². The quantitative estimate of drug-likeness (QED) is 0.241. The number of hydrogen-bond acceptors (Lipinski definition) is 6. The summed E-state index contributed by atoms with van der Waals surface area (Å²) >= 11 is 3.50. The number of hydrogen-bond donors (Lipinski definition) is 4. The van der Waals surface area contributed by atoms with E-state index in [9.17, 15) is 24.6 Å². The summed E-state index contributed by atoms with van der Waals surface area (Å²) in [6.45, 7) is 3.96. The first kappa shape index (κ1) is 33.1. The van der Waals surface area contributed by atoms with Crippen LogP contribution in [0, 0.1) is 11.8 Å². The number of aliphatic hydroxyl groups excluding tert-OH is 1. The Morgan fingerprint density at radius 1 is 1.13 bits per heavy atom. The molecule has 0 spiro atoms. The third-order valence-corrected chi connectivity index (χ3v) is 10.2. The first-order valence-electron chi connectivity index (χ1n) is 16.3. The summed E-state index contributed by atoms with van der Waals surface area (Å²) in [5.41, 5.74) is 3.06. The van der Waals surface area contributed by atoms with E-state index in [1.807, 2.05) is 60.7 Å².